The molecular weight excluding hydrogens is 473 g/mol. The molecule has 1 saturated carbocycles. The first kappa shape index (κ1) is 23.3. The van der Waals surface area contributed by atoms with E-state index < -0.39 is 17.8 Å². The standard InChI is InChI=1S/C25H25ClFN5O3/c1-13-5-8-19-17(9-13)22(24(28)34)30-31(19)12-20(33)32-16-7-6-14(10-16)23(32)25(35)29-11-15-3-2-4-18(26)21(15)27/h2-5,8-9,14,16,23H,6-7,10-12H2,1H3,(H2,28,34)(H,29,35)/t14-,16+,23-/m0/s1. The Morgan fingerprint density at radius 3 is 2.80 bits per heavy atom. The van der Waals surface area contributed by atoms with Gasteiger partial charge in [0.25, 0.3) is 5.91 Å². The van der Waals surface area contributed by atoms with E-state index in [1.165, 1.54) is 10.7 Å². The number of primary amides is 1. The number of rotatable bonds is 6. The predicted molar refractivity (Wildman–Crippen MR) is 128 cm³/mol. The van der Waals surface area contributed by atoms with Gasteiger partial charge in [0.2, 0.25) is 11.8 Å². The lowest BCUT2D eigenvalue weighted by molar-refractivity contribution is -0.143. The fourth-order valence-corrected chi connectivity index (χ4v) is 5.66. The summed E-state index contributed by atoms with van der Waals surface area (Å²) in [5, 5.41) is 7.67. The monoisotopic (exact) mass is 497 g/mol. The van der Waals surface area contributed by atoms with Crippen molar-refractivity contribution in [3.63, 3.8) is 0 Å². The maximum Gasteiger partial charge on any atom is 0.269 e. The Morgan fingerprint density at radius 2 is 2.03 bits per heavy atom. The topological polar surface area (TPSA) is 110 Å². The minimum atomic E-state index is -0.669. The van der Waals surface area contributed by atoms with E-state index in [0.717, 1.165) is 24.8 Å². The van der Waals surface area contributed by atoms with E-state index in [1.807, 2.05) is 19.1 Å². The Bertz CT molecular complexity index is 1360. The number of hydrogen-bond donors (Lipinski definition) is 2. The van der Waals surface area contributed by atoms with Gasteiger partial charge in [0.15, 0.2) is 5.69 Å². The van der Waals surface area contributed by atoms with Crippen molar-refractivity contribution in [3.05, 3.63) is 64.1 Å². The summed E-state index contributed by atoms with van der Waals surface area (Å²) in [5.41, 5.74) is 7.47. The molecule has 2 fully saturated rings. The molecule has 1 aliphatic carbocycles. The number of carbonyl (C=O) groups is 3. The zero-order valence-corrected chi connectivity index (χ0v) is 19.9. The lowest BCUT2D eigenvalue weighted by atomic mass is 9.97. The largest absolute Gasteiger partial charge is 0.364 e. The first-order chi connectivity index (χ1) is 16.7. The fraction of sp³-hybridized carbons (Fsp3) is 0.360. The average molecular weight is 498 g/mol. The summed E-state index contributed by atoms with van der Waals surface area (Å²) in [6.07, 6.45) is 2.43. The number of carbonyl (C=O) groups excluding carboxylic acids is 3. The molecule has 0 unspecified atom stereocenters. The van der Waals surface area contributed by atoms with Crippen molar-refractivity contribution in [3.8, 4) is 0 Å². The Hall–Kier alpha value is -3.46. The second-order valence-electron chi connectivity index (χ2n) is 9.29. The summed E-state index contributed by atoms with van der Waals surface area (Å²) in [4.78, 5) is 40.2. The summed E-state index contributed by atoms with van der Waals surface area (Å²) in [6, 6.07) is 9.45. The lowest BCUT2D eigenvalue weighted by Crippen LogP contribution is -2.53. The first-order valence-corrected chi connectivity index (χ1v) is 11.9. The number of amides is 3. The van der Waals surface area contributed by atoms with E-state index in [-0.39, 0.29) is 53.1 Å². The van der Waals surface area contributed by atoms with Crippen LogP contribution in [0.3, 0.4) is 0 Å². The van der Waals surface area contributed by atoms with Crippen molar-refractivity contribution in [2.45, 2.75) is 51.4 Å². The number of aromatic nitrogens is 2. The molecule has 3 amide bonds. The van der Waals surface area contributed by atoms with Crippen molar-refractivity contribution in [1.82, 2.24) is 20.0 Å². The van der Waals surface area contributed by atoms with Crippen LogP contribution in [0.5, 0.6) is 0 Å². The maximum atomic E-state index is 14.2. The Labute approximate surface area is 206 Å². The second-order valence-corrected chi connectivity index (χ2v) is 9.70. The third-order valence-electron chi connectivity index (χ3n) is 7.05. The highest BCUT2D eigenvalue weighted by molar-refractivity contribution is 6.30. The summed E-state index contributed by atoms with van der Waals surface area (Å²) >= 11 is 5.84. The van der Waals surface area contributed by atoms with E-state index in [0.29, 0.717) is 10.9 Å². The highest BCUT2D eigenvalue weighted by atomic mass is 35.5. The van der Waals surface area contributed by atoms with Gasteiger partial charge in [0.05, 0.1) is 10.5 Å². The summed E-state index contributed by atoms with van der Waals surface area (Å²) in [5.74, 6) is -1.76. The second kappa shape index (κ2) is 8.96. The van der Waals surface area contributed by atoms with Gasteiger partial charge in [-0.2, -0.15) is 5.10 Å². The van der Waals surface area contributed by atoms with Crippen LogP contribution in [0.1, 0.15) is 40.9 Å². The molecule has 3 atom stereocenters. The zero-order chi connectivity index (χ0) is 24.9. The number of nitrogens with two attached hydrogens (primary N) is 1. The van der Waals surface area contributed by atoms with E-state index >= 15 is 0 Å². The van der Waals surface area contributed by atoms with Crippen molar-refractivity contribution in [1.29, 1.82) is 0 Å². The van der Waals surface area contributed by atoms with E-state index in [9.17, 15) is 18.8 Å². The summed E-state index contributed by atoms with van der Waals surface area (Å²) < 4.78 is 15.7. The summed E-state index contributed by atoms with van der Waals surface area (Å²) in [6.45, 7) is 1.75. The van der Waals surface area contributed by atoms with Crippen LogP contribution in [0.25, 0.3) is 10.9 Å². The van der Waals surface area contributed by atoms with Crippen molar-refractivity contribution < 1.29 is 18.8 Å². The normalized spacial score (nSPS) is 21.0. The molecule has 3 N–H and O–H groups in total. The fourth-order valence-electron chi connectivity index (χ4n) is 5.46. The van der Waals surface area contributed by atoms with Gasteiger partial charge in [0, 0.05) is 23.5 Å². The van der Waals surface area contributed by atoms with E-state index in [4.69, 9.17) is 17.3 Å². The maximum absolute atomic E-state index is 14.2. The number of piperidine rings is 1. The van der Waals surface area contributed by atoms with Gasteiger partial charge in [-0.05, 0) is 50.3 Å². The molecule has 182 valence electrons. The van der Waals surface area contributed by atoms with Gasteiger partial charge >= 0.3 is 0 Å². The quantitative estimate of drug-likeness (QED) is 0.545. The average Bonchev–Trinajstić information content (AvgIpc) is 3.53. The van der Waals surface area contributed by atoms with E-state index in [2.05, 4.69) is 10.4 Å². The van der Waals surface area contributed by atoms with Crippen LogP contribution in [0.2, 0.25) is 5.02 Å². The Kier molecular flexibility index (Phi) is 5.96. The SMILES string of the molecule is Cc1ccc2c(c1)c(C(N)=O)nn2CC(=O)N1[C@@H]2CC[C@@H](C2)[C@H]1C(=O)NCc1cccc(Cl)c1F. The smallest absolute Gasteiger partial charge is 0.269 e. The number of nitrogens with zero attached hydrogens (tertiary/aromatic N) is 3. The van der Waals surface area contributed by atoms with Crippen molar-refractivity contribution in [2.75, 3.05) is 0 Å². The van der Waals surface area contributed by atoms with Gasteiger partial charge in [-0.3, -0.25) is 19.1 Å². The summed E-state index contributed by atoms with van der Waals surface area (Å²) in [7, 11) is 0. The molecule has 2 bridgehead atoms. The molecule has 2 heterocycles. The molecule has 1 aliphatic heterocycles. The number of benzene rings is 2. The van der Waals surface area contributed by atoms with Crippen LogP contribution in [0, 0.1) is 18.7 Å². The highest BCUT2D eigenvalue weighted by Gasteiger charge is 2.51. The molecule has 1 saturated heterocycles. The molecule has 10 heteroatoms. The molecule has 2 aromatic carbocycles. The minimum absolute atomic E-state index is 0.00884. The minimum Gasteiger partial charge on any atom is -0.364 e. The number of likely N-dealkylation sites (tertiary alicyclic amines) is 1. The van der Waals surface area contributed by atoms with Gasteiger partial charge in [0.1, 0.15) is 18.4 Å². The molecule has 5 rings (SSSR count). The molecule has 35 heavy (non-hydrogen) atoms. The number of nitrogens with one attached hydrogen (secondary N) is 1. The van der Waals surface area contributed by atoms with Gasteiger partial charge in [-0.15, -0.1) is 0 Å². The van der Waals surface area contributed by atoms with E-state index in [1.54, 1.807) is 23.1 Å². The van der Waals surface area contributed by atoms with Gasteiger partial charge < -0.3 is 16.0 Å². The van der Waals surface area contributed by atoms with Gasteiger partial charge in [-0.1, -0.05) is 35.4 Å². The molecule has 0 spiro atoms. The van der Waals surface area contributed by atoms with Crippen molar-refractivity contribution in [2.24, 2.45) is 11.7 Å². The molecule has 1 aromatic heterocycles. The number of aryl methyl sites for hydroxylation is 1. The molecule has 8 nitrogen and oxygen atoms in total. The number of hydrogen-bond acceptors (Lipinski definition) is 4. The van der Waals surface area contributed by atoms with Crippen LogP contribution in [-0.2, 0) is 22.7 Å². The highest BCUT2D eigenvalue weighted by Crippen LogP contribution is 2.42. The molecule has 3 aromatic rings. The van der Waals surface area contributed by atoms with Crippen LogP contribution in [-0.4, -0.2) is 44.5 Å². The molecular formula is C25H25ClFN5O3. The first-order valence-electron chi connectivity index (χ1n) is 11.5. The van der Waals surface area contributed by atoms with Crippen LogP contribution in [0.4, 0.5) is 4.39 Å². The van der Waals surface area contributed by atoms with Crippen LogP contribution >= 0.6 is 11.6 Å². The lowest BCUT2D eigenvalue weighted by Gasteiger charge is -2.34. The zero-order valence-electron chi connectivity index (χ0n) is 19.1. The third kappa shape index (κ3) is 4.14. The Balaban J connectivity index is 1.37. The van der Waals surface area contributed by atoms with Crippen LogP contribution < -0.4 is 11.1 Å². The Morgan fingerprint density at radius 1 is 1.23 bits per heavy atom. The third-order valence-corrected chi connectivity index (χ3v) is 7.34. The predicted octanol–water partition coefficient (Wildman–Crippen LogP) is 2.93. The van der Waals surface area contributed by atoms with Gasteiger partial charge in [-0.25, -0.2) is 4.39 Å². The van der Waals surface area contributed by atoms with Crippen LogP contribution in [0.15, 0.2) is 36.4 Å². The molecule has 2 aliphatic rings. The van der Waals surface area contributed by atoms with Crippen molar-refractivity contribution >= 4 is 40.2 Å². The number of halogens is 2. The number of fused-ring (bicyclic) bond motifs is 3. The molecule has 0 radical (unpaired) electrons.